The van der Waals surface area contributed by atoms with Crippen molar-refractivity contribution in [2.75, 3.05) is 0 Å². The molecule has 0 aliphatic carbocycles. The number of hydrogen-bond acceptors (Lipinski definition) is 2. The molecule has 1 heterocycles. The van der Waals surface area contributed by atoms with Gasteiger partial charge in [-0.3, -0.25) is 0 Å². The highest BCUT2D eigenvalue weighted by atomic mass is 16.5. The van der Waals surface area contributed by atoms with Crippen molar-refractivity contribution in [1.82, 2.24) is 5.06 Å². The third kappa shape index (κ3) is 3.03. The first-order chi connectivity index (χ1) is 7.53. The summed E-state index contributed by atoms with van der Waals surface area (Å²) in [5.74, 6) is 0.691. The maximum absolute atomic E-state index is 10.3. The molecular formula is C15H31NO. The first kappa shape index (κ1) is 15.0. The van der Waals surface area contributed by atoms with Crippen LogP contribution < -0.4 is 0 Å². The third-order valence-corrected chi connectivity index (χ3v) is 4.64. The van der Waals surface area contributed by atoms with Gasteiger partial charge in [0, 0.05) is 11.1 Å². The Bertz CT molecular complexity index is 250. The van der Waals surface area contributed by atoms with Crippen LogP contribution in [0.1, 0.15) is 74.1 Å². The number of hydroxylamine groups is 2. The minimum atomic E-state index is -0.114. The number of hydrogen-bond donors (Lipinski definition) is 1. The average molecular weight is 241 g/mol. The summed E-state index contributed by atoms with van der Waals surface area (Å²) in [6.45, 7) is 15.7. The van der Waals surface area contributed by atoms with Crippen LogP contribution in [-0.4, -0.2) is 21.3 Å². The van der Waals surface area contributed by atoms with Gasteiger partial charge in [-0.25, -0.2) is 0 Å². The summed E-state index contributed by atoms with van der Waals surface area (Å²) >= 11 is 0. The molecule has 0 aromatic carbocycles. The van der Waals surface area contributed by atoms with E-state index in [1.54, 1.807) is 5.06 Å². The molecule has 1 saturated heterocycles. The molecule has 1 fully saturated rings. The van der Waals surface area contributed by atoms with Crippen molar-refractivity contribution in [3.8, 4) is 0 Å². The molecule has 1 rings (SSSR count). The summed E-state index contributed by atoms with van der Waals surface area (Å²) in [4.78, 5) is 0. The Labute approximate surface area is 107 Å². The molecule has 0 atom stereocenters. The van der Waals surface area contributed by atoms with Crippen LogP contribution in [0.15, 0.2) is 0 Å². The summed E-state index contributed by atoms with van der Waals surface area (Å²) in [7, 11) is 0. The standard InChI is InChI=1S/C15H31NO/c1-8-9-13(2,3)12-10-14(4,5)16(17)15(6,7)11-12/h12,17H,8-11H2,1-7H3. The highest BCUT2D eigenvalue weighted by molar-refractivity contribution is 4.99. The van der Waals surface area contributed by atoms with Gasteiger partial charge in [0.2, 0.25) is 0 Å². The summed E-state index contributed by atoms with van der Waals surface area (Å²) in [5.41, 5.74) is 0.152. The minimum Gasteiger partial charge on any atom is -0.313 e. The van der Waals surface area contributed by atoms with Crippen molar-refractivity contribution in [3.05, 3.63) is 0 Å². The molecular weight excluding hydrogens is 210 g/mol. The lowest BCUT2D eigenvalue weighted by Gasteiger charge is -2.55. The Hall–Kier alpha value is -0.0800. The van der Waals surface area contributed by atoms with Gasteiger partial charge in [0.1, 0.15) is 0 Å². The van der Waals surface area contributed by atoms with E-state index in [2.05, 4.69) is 48.5 Å². The van der Waals surface area contributed by atoms with Crippen molar-refractivity contribution < 1.29 is 5.21 Å². The fourth-order valence-corrected chi connectivity index (χ4v) is 3.67. The Morgan fingerprint density at radius 3 is 1.88 bits per heavy atom. The number of rotatable bonds is 3. The zero-order chi connectivity index (χ0) is 13.5. The molecule has 0 saturated carbocycles. The van der Waals surface area contributed by atoms with Crippen LogP contribution >= 0.6 is 0 Å². The summed E-state index contributed by atoms with van der Waals surface area (Å²) in [6, 6.07) is 0. The topological polar surface area (TPSA) is 23.5 Å². The molecule has 2 nitrogen and oxygen atoms in total. The van der Waals surface area contributed by atoms with Gasteiger partial charge in [0.05, 0.1) is 0 Å². The van der Waals surface area contributed by atoms with Gasteiger partial charge in [-0.2, -0.15) is 5.06 Å². The Morgan fingerprint density at radius 2 is 1.53 bits per heavy atom. The number of nitrogens with zero attached hydrogens (tertiary/aromatic N) is 1. The molecule has 0 spiro atoms. The fraction of sp³-hybridized carbons (Fsp3) is 1.00. The van der Waals surface area contributed by atoms with E-state index < -0.39 is 0 Å². The zero-order valence-corrected chi connectivity index (χ0v) is 12.8. The smallest absolute Gasteiger partial charge is 0.0413 e. The van der Waals surface area contributed by atoms with E-state index in [4.69, 9.17) is 0 Å². The van der Waals surface area contributed by atoms with Gasteiger partial charge < -0.3 is 5.21 Å². The maximum atomic E-state index is 10.3. The maximum Gasteiger partial charge on any atom is 0.0413 e. The van der Waals surface area contributed by atoms with Gasteiger partial charge in [-0.05, 0) is 58.3 Å². The van der Waals surface area contributed by atoms with E-state index in [0.717, 1.165) is 12.8 Å². The first-order valence-electron chi connectivity index (χ1n) is 7.02. The number of piperidine rings is 1. The van der Waals surface area contributed by atoms with Crippen molar-refractivity contribution in [2.45, 2.75) is 85.2 Å². The SMILES string of the molecule is CCCC(C)(C)C1CC(C)(C)N(O)C(C)(C)C1. The van der Waals surface area contributed by atoms with Crippen molar-refractivity contribution in [1.29, 1.82) is 0 Å². The predicted octanol–water partition coefficient (Wildman–Crippen LogP) is 4.47. The first-order valence-corrected chi connectivity index (χ1v) is 7.02. The molecule has 17 heavy (non-hydrogen) atoms. The molecule has 0 aromatic rings. The van der Waals surface area contributed by atoms with E-state index >= 15 is 0 Å². The highest BCUT2D eigenvalue weighted by Gasteiger charge is 2.48. The summed E-state index contributed by atoms with van der Waals surface area (Å²) in [6.07, 6.45) is 4.68. The lowest BCUT2D eigenvalue weighted by Crippen LogP contribution is -2.60. The van der Waals surface area contributed by atoms with Crippen LogP contribution in [-0.2, 0) is 0 Å². The largest absolute Gasteiger partial charge is 0.313 e. The molecule has 1 N–H and O–H groups in total. The van der Waals surface area contributed by atoms with Crippen LogP contribution in [0.4, 0.5) is 0 Å². The molecule has 0 amide bonds. The van der Waals surface area contributed by atoms with Crippen molar-refractivity contribution in [2.24, 2.45) is 11.3 Å². The van der Waals surface area contributed by atoms with Gasteiger partial charge in [-0.15, -0.1) is 0 Å². The molecule has 1 aliphatic rings. The average Bonchev–Trinajstić information content (AvgIpc) is 2.13. The van der Waals surface area contributed by atoms with E-state index in [0.29, 0.717) is 11.3 Å². The quantitative estimate of drug-likeness (QED) is 0.788. The lowest BCUT2D eigenvalue weighted by molar-refractivity contribution is -0.257. The summed E-state index contributed by atoms with van der Waals surface area (Å²) < 4.78 is 0. The molecule has 0 bridgehead atoms. The molecule has 102 valence electrons. The molecule has 0 radical (unpaired) electrons. The molecule has 0 aromatic heterocycles. The van der Waals surface area contributed by atoms with Gasteiger partial charge >= 0.3 is 0 Å². The third-order valence-electron chi connectivity index (χ3n) is 4.64. The fourth-order valence-electron chi connectivity index (χ4n) is 3.67. The Morgan fingerprint density at radius 1 is 1.12 bits per heavy atom. The van der Waals surface area contributed by atoms with E-state index in [1.165, 1.54) is 12.8 Å². The normalized spacial score (nSPS) is 26.1. The van der Waals surface area contributed by atoms with E-state index in [9.17, 15) is 5.21 Å². The van der Waals surface area contributed by atoms with E-state index in [1.807, 2.05) is 0 Å². The summed E-state index contributed by atoms with van der Waals surface area (Å²) in [5, 5.41) is 11.9. The van der Waals surface area contributed by atoms with Crippen LogP contribution in [0.5, 0.6) is 0 Å². The Balaban J connectivity index is 2.92. The minimum absolute atomic E-state index is 0.114. The van der Waals surface area contributed by atoms with E-state index in [-0.39, 0.29) is 11.1 Å². The van der Waals surface area contributed by atoms with Gasteiger partial charge in [0.15, 0.2) is 0 Å². The second-order valence-corrected chi connectivity index (χ2v) is 7.78. The lowest BCUT2D eigenvalue weighted by atomic mass is 9.63. The second-order valence-electron chi connectivity index (χ2n) is 7.78. The van der Waals surface area contributed by atoms with Crippen LogP contribution in [0.25, 0.3) is 0 Å². The van der Waals surface area contributed by atoms with Crippen molar-refractivity contribution in [3.63, 3.8) is 0 Å². The molecule has 1 aliphatic heterocycles. The zero-order valence-electron chi connectivity index (χ0n) is 12.8. The Kier molecular flexibility index (Phi) is 4.01. The molecule has 2 heteroatoms. The monoisotopic (exact) mass is 241 g/mol. The van der Waals surface area contributed by atoms with Crippen molar-refractivity contribution >= 4 is 0 Å². The van der Waals surface area contributed by atoms with Gasteiger partial charge in [-0.1, -0.05) is 27.2 Å². The van der Waals surface area contributed by atoms with Crippen LogP contribution in [0, 0.1) is 11.3 Å². The second kappa shape index (κ2) is 4.55. The van der Waals surface area contributed by atoms with Gasteiger partial charge in [0.25, 0.3) is 0 Å². The highest BCUT2D eigenvalue weighted by Crippen LogP contribution is 2.48. The predicted molar refractivity (Wildman–Crippen MR) is 73.2 cm³/mol. The van der Waals surface area contributed by atoms with Crippen LogP contribution in [0.3, 0.4) is 0 Å². The molecule has 0 unspecified atom stereocenters. The van der Waals surface area contributed by atoms with Crippen LogP contribution in [0.2, 0.25) is 0 Å².